The highest BCUT2D eigenvalue weighted by Gasteiger charge is 2.23. The largest absolute Gasteiger partial charge is 0.380 e. The smallest absolute Gasteiger partial charge is 0.267 e. The van der Waals surface area contributed by atoms with Gasteiger partial charge in [-0.05, 0) is 48.4 Å². The first-order valence-corrected chi connectivity index (χ1v) is 8.14. The van der Waals surface area contributed by atoms with Crippen LogP contribution >= 0.6 is 0 Å². The van der Waals surface area contributed by atoms with E-state index in [4.69, 9.17) is 5.21 Å². The molecule has 1 saturated heterocycles. The number of hydrogen-bond donors (Lipinski definition) is 3. The van der Waals surface area contributed by atoms with Crippen molar-refractivity contribution >= 4 is 23.4 Å². The first-order valence-electron chi connectivity index (χ1n) is 8.14. The number of carbonyl (C=O) groups excluding carboxylic acids is 1. The number of nitrogens with one attached hydrogen (secondary N) is 2. The van der Waals surface area contributed by atoms with Crippen LogP contribution in [0.15, 0.2) is 54.6 Å². The Labute approximate surface area is 145 Å². The maximum atomic E-state index is 13.1. The lowest BCUT2D eigenvalue weighted by Gasteiger charge is -2.20. The third-order valence-electron chi connectivity index (χ3n) is 4.22. The Hall–Kier alpha value is -2.86. The maximum absolute atomic E-state index is 13.1. The lowest BCUT2D eigenvalue weighted by molar-refractivity contribution is -0.124. The zero-order chi connectivity index (χ0) is 17.6. The highest BCUT2D eigenvalue weighted by Crippen LogP contribution is 2.24. The molecule has 0 saturated carbocycles. The van der Waals surface area contributed by atoms with Crippen molar-refractivity contribution in [2.75, 3.05) is 23.3 Å². The van der Waals surface area contributed by atoms with Crippen molar-refractivity contribution in [1.82, 2.24) is 5.48 Å². The summed E-state index contributed by atoms with van der Waals surface area (Å²) in [5.74, 6) is -0.802. The van der Waals surface area contributed by atoms with Crippen molar-refractivity contribution in [2.24, 2.45) is 0 Å². The molecule has 1 aliphatic rings. The lowest BCUT2D eigenvalue weighted by atomic mass is 10.1. The minimum absolute atomic E-state index is 0.231. The van der Waals surface area contributed by atoms with Gasteiger partial charge >= 0.3 is 0 Å². The van der Waals surface area contributed by atoms with E-state index in [9.17, 15) is 9.18 Å². The summed E-state index contributed by atoms with van der Waals surface area (Å²) in [5, 5.41) is 12.1. The average molecular weight is 341 g/mol. The Balaban J connectivity index is 1.66. The van der Waals surface area contributed by atoms with Gasteiger partial charge in [0, 0.05) is 36.6 Å². The summed E-state index contributed by atoms with van der Waals surface area (Å²) in [6.45, 7) is 1.72. The van der Waals surface area contributed by atoms with Crippen LogP contribution in [0.5, 0.6) is 0 Å². The quantitative estimate of drug-likeness (QED) is 0.444. The SMILES string of the molecule is O=C(/C=C/c1ccccc1NC1CCN(c2ccc(F)cc2)C1)NO. The van der Waals surface area contributed by atoms with Crippen molar-refractivity contribution in [3.8, 4) is 0 Å². The molecule has 1 heterocycles. The number of hydrogen-bond acceptors (Lipinski definition) is 4. The van der Waals surface area contributed by atoms with E-state index in [1.54, 1.807) is 23.7 Å². The predicted molar refractivity (Wildman–Crippen MR) is 96.0 cm³/mol. The van der Waals surface area contributed by atoms with Crippen LogP contribution < -0.4 is 15.7 Å². The van der Waals surface area contributed by atoms with Crippen LogP contribution in [0.2, 0.25) is 0 Å². The van der Waals surface area contributed by atoms with Gasteiger partial charge in [-0.15, -0.1) is 0 Å². The molecule has 1 fully saturated rings. The third-order valence-corrected chi connectivity index (χ3v) is 4.22. The Morgan fingerprint density at radius 2 is 1.96 bits per heavy atom. The van der Waals surface area contributed by atoms with E-state index in [2.05, 4.69) is 10.2 Å². The van der Waals surface area contributed by atoms with Crippen LogP contribution in [0, 0.1) is 5.82 Å². The third kappa shape index (κ3) is 4.36. The van der Waals surface area contributed by atoms with Gasteiger partial charge in [0.15, 0.2) is 0 Å². The van der Waals surface area contributed by atoms with Gasteiger partial charge in [-0.2, -0.15) is 0 Å². The molecule has 0 bridgehead atoms. The highest BCUT2D eigenvalue weighted by molar-refractivity contribution is 5.91. The van der Waals surface area contributed by atoms with Gasteiger partial charge in [-0.25, -0.2) is 9.87 Å². The van der Waals surface area contributed by atoms with E-state index < -0.39 is 5.91 Å². The Bertz CT molecular complexity index is 762. The fourth-order valence-electron chi connectivity index (χ4n) is 2.96. The second kappa shape index (κ2) is 7.81. The molecule has 0 aliphatic carbocycles. The van der Waals surface area contributed by atoms with Gasteiger partial charge in [-0.3, -0.25) is 10.0 Å². The monoisotopic (exact) mass is 341 g/mol. The number of para-hydroxylation sites is 1. The molecule has 3 rings (SSSR count). The molecule has 5 nitrogen and oxygen atoms in total. The van der Waals surface area contributed by atoms with Gasteiger partial charge in [0.1, 0.15) is 5.82 Å². The molecular formula is C19H20FN3O2. The Morgan fingerprint density at radius 1 is 1.20 bits per heavy atom. The van der Waals surface area contributed by atoms with Crippen LogP contribution in [0.1, 0.15) is 12.0 Å². The number of benzene rings is 2. The second-order valence-corrected chi connectivity index (χ2v) is 5.95. The standard InChI is InChI=1S/C19H20FN3O2/c20-15-6-8-17(9-7-15)23-12-11-16(13-23)21-18-4-2-1-3-14(18)5-10-19(24)22-25/h1-10,16,21,25H,11-13H2,(H,22,24)/b10-5+. The van der Waals surface area contributed by atoms with E-state index in [0.29, 0.717) is 0 Å². The normalized spacial score (nSPS) is 17.0. The molecule has 2 aromatic carbocycles. The number of amides is 1. The van der Waals surface area contributed by atoms with E-state index in [0.717, 1.165) is 36.4 Å². The van der Waals surface area contributed by atoms with Crippen LogP contribution in [-0.4, -0.2) is 30.2 Å². The van der Waals surface area contributed by atoms with Crippen LogP contribution in [0.25, 0.3) is 6.08 Å². The molecule has 25 heavy (non-hydrogen) atoms. The van der Waals surface area contributed by atoms with E-state index in [1.165, 1.54) is 18.2 Å². The summed E-state index contributed by atoms with van der Waals surface area (Å²) < 4.78 is 13.1. The first-order chi connectivity index (χ1) is 12.2. The number of nitrogens with zero attached hydrogens (tertiary/aromatic N) is 1. The second-order valence-electron chi connectivity index (χ2n) is 5.95. The van der Waals surface area contributed by atoms with Crippen molar-refractivity contribution < 1.29 is 14.4 Å². The van der Waals surface area contributed by atoms with Crippen molar-refractivity contribution in [3.63, 3.8) is 0 Å². The number of anilines is 2. The summed E-state index contributed by atoms with van der Waals surface area (Å²) >= 11 is 0. The average Bonchev–Trinajstić information content (AvgIpc) is 3.10. The molecule has 130 valence electrons. The summed E-state index contributed by atoms with van der Waals surface area (Å²) in [6, 6.07) is 14.5. The highest BCUT2D eigenvalue weighted by atomic mass is 19.1. The topological polar surface area (TPSA) is 64.6 Å². The summed E-state index contributed by atoms with van der Waals surface area (Å²) in [5.41, 5.74) is 4.38. The molecule has 1 aliphatic heterocycles. The molecular weight excluding hydrogens is 321 g/mol. The molecule has 6 heteroatoms. The fourth-order valence-corrected chi connectivity index (χ4v) is 2.96. The Kier molecular flexibility index (Phi) is 5.30. The zero-order valence-corrected chi connectivity index (χ0v) is 13.7. The van der Waals surface area contributed by atoms with Crippen LogP contribution in [0.3, 0.4) is 0 Å². The van der Waals surface area contributed by atoms with E-state index in [1.807, 2.05) is 24.3 Å². The van der Waals surface area contributed by atoms with Gasteiger partial charge in [0.05, 0.1) is 0 Å². The number of rotatable bonds is 5. The lowest BCUT2D eigenvalue weighted by Crippen LogP contribution is -2.26. The minimum atomic E-state index is -0.571. The van der Waals surface area contributed by atoms with Gasteiger partial charge in [0.2, 0.25) is 0 Å². The van der Waals surface area contributed by atoms with Crippen molar-refractivity contribution in [3.05, 3.63) is 66.0 Å². The summed E-state index contributed by atoms with van der Waals surface area (Å²) in [7, 11) is 0. The molecule has 1 unspecified atom stereocenters. The molecule has 0 spiro atoms. The van der Waals surface area contributed by atoms with Gasteiger partial charge in [-0.1, -0.05) is 18.2 Å². The Morgan fingerprint density at radius 3 is 2.72 bits per heavy atom. The molecule has 0 aromatic heterocycles. The molecule has 2 aromatic rings. The van der Waals surface area contributed by atoms with E-state index >= 15 is 0 Å². The van der Waals surface area contributed by atoms with Gasteiger partial charge < -0.3 is 10.2 Å². The summed E-state index contributed by atoms with van der Waals surface area (Å²) in [4.78, 5) is 13.4. The molecule has 0 radical (unpaired) electrons. The molecule has 1 amide bonds. The van der Waals surface area contributed by atoms with Gasteiger partial charge in [0.25, 0.3) is 5.91 Å². The number of carbonyl (C=O) groups is 1. The van der Waals surface area contributed by atoms with Crippen LogP contribution in [-0.2, 0) is 4.79 Å². The first kappa shape index (κ1) is 17.0. The molecule has 3 N–H and O–H groups in total. The molecule has 1 atom stereocenters. The van der Waals surface area contributed by atoms with Crippen LogP contribution in [0.4, 0.5) is 15.8 Å². The maximum Gasteiger partial charge on any atom is 0.267 e. The van der Waals surface area contributed by atoms with Crippen molar-refractivity contribution in [2.45, 2.75) is 12.5 Å². The predicted octanol–water partition coefficient (Wildman–Crippen LogP) is 3.04. The summed E-state index contributed by atoms with van der Waals surface area (Å²) in [6.07, 6.45) is 3.90. The number of halogens is 1. The van der Waals surface area contributed by atoms with E-state index in [-0.39, 0.29) is 11.9 Å². The zero-order valence-electron chi connectivity index (χ0n) is 13.7. The van der Waals surface area contributed by atoms with Crippen molar-refractivity contribution in [1.29, 1.82) is 0 Å². The minimum Gasteiger partial charge on any atom is -0.380 e. The fraction of sp³-hybridized carbons (Fsp3) is 0.211. The number of hydroxylamine groups is 1.